The van der Waals surface area contributed by atoms with Gasteiger partial charge in [-0.05, 0) is 19.8 Å². The minimum atomic E-state index is -0.0590. The van der Waals surface area contributed by atoms with Crippen molar-refractivity contribution in [1.29, 1.82) is 0 Å². The summed E-state index contributed by atoms with van der Waals surface area (Å²) in [5.41, 5.74) is 0.216. The molecule has 0 spiro atoms. The van der Waals surface area contributed by atoms with Crippen LogP contribution in [0.4, 0.5) is 0 Å². The van der Waals surface area contributed by atoms with Crippen LogP contribution in [0, 0.1) is 0 Å². The molecule has 1 aliphatic carbocycles. The maximum absolute atomic E-state index is 9.06. The molecule has 0 atom stereocenters. The van der Waals surface area contributed by atoms with Gasteiger partial charge in [0.2, 0.25) is 0 Å². The van der Waals surface area contributed by atoms with E-state index >= 15 is 0 Å². The van der Waals surface area contributed by atoms with Gasteiger partial charge in [0.15, 0.2) is 0 Å². The van der Waals surface area contributed by atoms with Crippen LogP contribution in [0.25, 0.3) is 0 Å². The third kappa shape index (κ3) is 1.70. The van der Waals surface area contributed by atoms with Gasteiger partial charge in [-0.1, -0.05) is 13.8 Å². The number of rotatable bonds is 2. The molecule has 0 heterocycles. The van der Waals surface area contributed by atoms with Crippen LogP contribution in [0.5, 0.6) is 0 Å². The molecular formula is C8H17NO. The lowest BCUT2D eigenvalue weighted by Gasteiger charge is -2.44. The van der Waals surface area contributed by atoms with Crippen LogP contribution < -0.4 is 5.32 Å². The van der Waals surface area contributed by atoms with Crippen molar-refractivity contribution in [3.05, 3.63) is 0 Å². The van der Waals surface area contributed by atoms with Crippen molar-refractivity contribution in [3.63, 3.8) is 0 Å². The summed E-state index contributed by atoms with van der Waals surface area (Å²) in [5, 5.41) is 12.5. The smallest absolute Gasteiger partial charge is 0.0575 e. The molecule has 10 heavy (non-hydrogen) atoms. The van der Waals surface area contributed by atoms with Crippen molar-refractivity contribution in [1.82, 2.24) is 5.32 Å². The summed E-state index contributed by atoms with van der Waals surface area (Å²) in [6.07, 6.45) is 1.76. The SMILES string of the molecule is CC(C)N[C@]1(C)C[C@H](O)C1. The fraction of sp³-hybridized carbons (Fsp3) is 1.00. The van der Waals surface area contributed by atoms with Crippen LogP contribution in [0.1, 0.15) is 33.6 Å². The molecule has 0 radical (unpaired) electrons. The molecule has 1 saturated carbocycles. The van der Waals surface area contributed by atoms with Crippen molar-refractivity contribution in [3.8, 4) is 0 Å². The highest BCUT2D eigenvalue weighted by Crippen LogP contribution is 2.31. The van der Waals surface area contributed by atoms with Gasteiger partial charge in [-0.25, -0.2) is 0 Å². The summed E-state index contributed by atoms with van der Waals surface area (Å²) in [4.78, 5) is 0. The minimum absolute atomic E-state index is 0.0590. The topological polar surface area (TPSA) is 32.3 Å². The second-order valence-electron chi connectivity index (χ2n) is 3.92. The molecule has 0 aromatic carbocycles. The fourth-order valence-electron chi connectivity index (χ4n) is 1.80. The van der Waals surface area contributed by atoms with Crippen molar-refractivity contribution in [2.75, 3.05) is 0 Å². The first-order chi connectivity index (χ1) is 4.52. The van der Waals surface area contributed by atoms with E-state index < -0.39 is 0 Å². The normalized spacial score (nSPS) is 39.9. The summed E-state index contributed by atoms with van der Waals surface area (Å²) in [5.74, 6) is 0. The Bertz CT molecular complexity index is 116. The molecule has 60 valence electrons. The fourth-order valence-corrected chi connectivity index (χ4v) is 1.80. The molecule has 0 aromatic heterocycles. The van der Waals surface area contributed by atoms with Crippen molar-refractivity contribution >= 4 is 0 Å². The van der Waals surface area contributed by atoms with Crippen molar-refractivity contribution in [2.24, 2.45) is 0 Å². The second kappa shape index (κ2) is 2.51. The van der Waals surface area contributed by atoms with Crippen molar-refractivity contribution < 1.29 is 5.11 Å². The quantitative estimate of drug-likeness (QED) is 0.602. The lowest BCUT2D eigenvalue weighted by Crippen LogP contribution is -2.57. The molecular weight excluding hydrogens is 126 g/mol. The lowest BCUT2D eigenvalue weighted by atomic mass is 9.75. The lowest BCUT2D eigenvalue weighted by molar-refractivity contribution is 0.00788. The van der Waals surface area contributed by atoms with Crippen LogP contribution in [-0.2, 0) is 0 Å². The summed E-state index contributed by atoms with van der Waals surface area (Å²) in [7, 11) is 0. The largest absolute Gasteiger partial charge is 0.393 e. The van der Waals surface area contributed by atoms with E-state index in [1.807, 2.05) is 0 Å². The summed E-state index contributed by atoms with van der Waals surface area (Å²) in [6, 6.07) is 0.525. The molecule has 1 rings (SSSR count). The van der Waals surface area contributed by atoms with E-state index in [0.29, 0.717) is 6.04 Å². The average Bonchev–Trinajstić information content (AvgIpc) is 1.57. The number of aliphatic hydroxyl groups is 1. The molecule has 0 saturated heterocycles. The van der Waals surface area contributed by atoms with Crippen molar-refractivity contribution in [2.45, 2.75) is 51.3 Å². The number of hydrogen-bond acceptors (Lipinski definition) is 2. The van der Waals surface area contributed by atoms with Crippen LogP contribution in [0.2, 0.25) is 0 Å². The van der Waals surface area contributed by atoms with Crippen LogP contribution in [0.15, 0.2) is 0 Å². The Morgan fingerprint density at radius 3 is 2.30 bits per heavy atom. The van der Waals surface area contributed by atoms with E-state index in [2.05, 4.69) is 26.1 Å². The maximum atomic E-state index is 9.06. The highest BCUT2D eigenvalue weighted by atomic mass is 16.3. The average molecular weight is 143 g/mol. The Hall–Kier alpha value is -0.0800. The summed E-state index contributed by atoms with van der Waals surface area (Å²) >= 11 is 0. The van der Waals surface area contributed by atoms with Gasteiger partial charge < -0.3 is 10.4 Å². The predicted octanol–water partition coefficient (Wildman–Crippen LogP) is 0.898. The molecule has 1 aliphatic rings. The van der Waals surface area contributed by atoms with E-state index in [-0.39, 0.29) is 11.6 Å². The monoisotopic (exact) mass is 143 g/mol. The van der Waals surface area contributed by atoms with Crippen LogP contribution in [0.3, 0.4) is 0 Å². The maximum Gasteiger partial charge on any atom is 0.0575 e. The zero-order valence-electron chi connectivity index (χ0n) is 7.02. The van der Waals surface area contributed by atoms with Gasteiger partial charge in [0.25, 0.3) is 0 Å². The molecule has 0 unspecified atom stereocenters. The Balaban J connectivity index is 2.27. The van der Waals surface area contributed by atoms with E-state index in [4.69, 9.17) is 5.11 Å². The zero-order chi connectivity index (χ0) is 7.78. The van der Waals surface area contributed by atoms with Crippen LogP contribution >= 0.6 is 0 Å². The van der Waals surface area contributed by atoms with E-state index in [9.17, 15) is 0 Å². The molecule has 0 amide bonds. The first kappa shape index (κ1) is 8.02. The predicted molar refractivity (Wildman–Crippen MR) is 41.9 cm³/mol. The third-order valence-corrected chi connectivity index (χ3v) is 2.01. The van der Waals surface area contributed by atoms with Gasteiger partial charge in [-0.2, -0.15) is 0 Å². The molecule has 2 heteroatoms. The van der Waals surface area contributed by atoms with Gasteiger partial charge in [-0.3, -0.25) is 0 Å². The Labute approximate surface area is 62.6 Å². The molecule has 0 aromatic rings. The Morgan fingerprint density at radius 1 is 1.50 bits per heavy atom. The number of nitrogens with one attached hydrogen (secondary N) is 1. The Kier molecular flexibility index (Phi) is 2.02. The minimum Gasteiger partial charge on any atom is -0.393 e. The number of aliphatic hydroxyl groups excluding tert-OH is 1. The highest BCUT2D eigenvalue weighted by molar-refractivity contribution is 4.98. The molecule has 0 bridgehead atoms. The Morgan fingerprint density at radius 2 is 2.00 bits per heavy atom. The van der Waals surface area contributed by atoms with Gasteiger partial charge in [0, 0.05) is 11.6 Å². The zero-order valence-corrected chi connectivity index (χ0v) is 7.02. The molecule has 1 fully saturated rings. The van der Waals surface area contributed by atoms with E-state index in [1.165, 1.54) is 0 Å². The highest BCUT2D eigenvalue weighted by Gasteiger charge is 2.38. The molecule has 0 aliphatic heterocycles. The first-order valence-electron chi connectivity index (χ1n) is 3.98. The van der Waals surface area contributed by atoms with Gasteiger partial charge >= 0.3 is 0 Å². The second-order valence-corrected chi connectivity index (χ2v) is 3.92. The summed E-state index contributed by atoms with van der Waals surface area (Å²) in [6.45, 7) is 6.44. The number of hydrogen-bond donors (Lipinski definition) is 2. The van der Waals surface area contributed by atoms with Crippen LogP contribution in [-0.4, -0.2) is 22.8 Å². The third-order valence-electron chi connectivity index (χ3n) is 2.01. The van der Waals surface area contributed by atoms with Gasteiger partial charge in [0.05, 0.1) is 6.10 Å². The van der Waals surface area contributed by atoms with Gasteiger partial charge in [-0.15, -0.1) is 0 Å². The van der Waals surface area contributed by atoms with Gasteiger partial charge in [0.1, 0.15) is 0 Å². The molecule has 2 N–H and O–H groups in total. The molecule has 2 nitrogen and oxygen atoms in total. The first-order valence-corrected chi connectivity index (χ1v) is 3.98. The standard InChI is InChI=1S/C8H17NO/c1-6(2)9-8(3)4-7(10)5-8/h6-7,9-10H,4-5H2,1-3H3/t7-,8+. The summed E-state index contributed by atoms with van der Waals surface area (Å²) < 4.78 is 0. The van der Waals surface area contributed by atoms with E-state index in [0.717, 1.165) is 12.8 Å². The van der Waals surface area contributed by atoms with E-state index in [1.54, 1.807) is 0 Å².